The fourth-order valence-electron chi connectivity index (χ4n) is 5.89. The molecule has 230 valence electrons. The van der Waals surface area contributed by atoms with E-state index >= 15 is 0 Å². The standard InChI is InChI=1S/C45H45N/c1-32(41-20-10-8-11-21-41)16-14-18-39-24-28-43(29-25-39)46(45-37(6)35(4)34(3)36(5)38(45)7)44-30-26-40(27-31-44)19-15-17-33(2)42-22-12-9-13-23-42/h8-31H,1-7H3/b18-14+,19-15+,32-16+,33-17+. The summed E-state index contributed by atoms with van der Waals surface area (Å²) < 4.78 is 0. The van der Waals surface area contributed by atoms with Crippen molar-refractivity contribution in [2.24, 2.45) is 0 Å². The van der Waals surface area contributed by atoms with E-state index in [2.05, 4.69) is 199 Å². The zero-order valence-corrected chi connectivity index (χ0v) is 28.3. The summed E-state index contributed by atoms with van der Waals surface area (Å²) in [6, 6.07) is 38.8. The third-order valence-electron chi connectivity index (χ3n) is 9.21. The maximum Gasteiger partial charge on any atom is 0.0525 e. The molecule has 5 rings (SSSR count). The maximum atomic E-state index is 2.42. The van der Waals surface area contributed by atoms with Crippen LogP contribution in [0.3, 0.4) is 0 Å². The zero-order valence-electron chi connectivity index (χ0n) is 28.3. The van der Waals surface area contributed by atoms with E-state index in [0.29, 0.717) is 0 Å². The summed E-state index contributed by atoms with van der Waals surface area (Å²) >= 11 is 0. The van der Waals surface area contributed by atoms with E-state index in [1.54, 1.807) is 0 Å². The van der Waals surface area contributed by atoms with Crippen molar-refractivity contribution in [3.8, 4) is 0 Å². The number of rotatable bonds is 9. The summed E-state index contributed by atoms with van der Waals surface area (Å²) in [5, 5.41) is 0. The SMILES string of the molecule is C/C(=C\C=C\c1ccc(N(c2ccc(/C=C/C=C(\C)c3ccccc3)cc2)c2c(C)c(C)c(C)c(C)c2C)cc1)c1ccccc1. The van der Waals surface area contributed by atoms with Crippen LogP contribution in [0, 0.1) is 34.6 Å². The van der Waals surface area contributed by atoms with Crippen LogP contribution in [0.15, 0.2) is 133 Å². The van der Waals surface area contributed by atoms with Gasteiger partial charge in [-0.25, -0.2) is 0 Å². The van der Waals surface area contributed by atoms with Crippen LogP contribution >= 0.6 is 0 Å². The highest BCUT2D eigenvalue weighted by molar-refractivity contribution is 5.83. The highest BCUT2D eigenvalue weighted by Gasteiger charge is 2.21. The predicted octanol–water partition coefficient (Wildman–Crippen LogP) is 12.9. The molecule has 0 aliphatic rings. The molecular formula is C45H45N. The molecule has 0 saturated heterocycles. The second-order valence-corrected chi connectivity index (χ2v) is 12.1. The predicted molar refractivity (Wildman–Crippen MR) is 203 cm³/mol. The van der Waals surface area contributed by atoms with Crippen LogP contribution in [0.1, 0.15) is 63.9 Å². The molecule has 0 radical (unpaired) electrons. The van der Waals surface area contributed by atoms with Gasteiger partial charge < -0.3 is 4.90 Å². The van der Waals surface area contributed by atoms with Crippen LogP contribution in [0.25, 0.3) is 23.3 Å². The van der Waals surface area contributed by atoms with Crippen molar-refractivity contribution in [2.45, 2.75) is 48.5 Å². The number of anilines is 3. The lowest BCUT2D eigenvalue weighted by Gasteiger charge is -2.31. The molecule has 0 saturated carbocycles. The quantitative estimate of drug-likeness (QED) is 0.152. The van der Waals surface area contributed by atoms with Gasteiger partial charge in [0, 0.05) is 11.4 Å². The van der Waals surface area contributed by atoms with Crippen molar-refractivity contribution in [1.29, 1.82) is 0 Å². The topological polar surface area (TPSA) is 3.24 Å². The third-order valence-corrected chi connectivity index (χ3v) is 9.21. The first-order valence-corrected chi connectivity index (χ1v) is 16.1. The van der Waals surface area contributed by atoms with Crippen molar-refractivity contribution < 1.29 is 0 Å². The summed E-state index contributed by atoms with van der Waals surface area (Å²) in [6.07, 6.45) is 13.0. The van der Waals surface area contributed by atoms with Crippen molar-refractivity contribution in [3.63, 3.8) is 0 Å². The molecule has 0 aliphatic heterocycles. The van der Waals surface area contributed by atoms with E-state index in [0.717, 1.165) is 11.4 Å². The molecule has 0 fully saturated rings. The molecule has 46 heavy (non-hydrogen) atoms. The van der Waals surface area contributed by atoms with Crippen molar-refractivity contribution in [3.05, 3.63) is 184 Å². The Morgan fingerprint density at radius 2 is 0.783 bits per heavy atom. The minimum atomic E-state index is 1.15. The van der Waals surface area contributed by atoms with E-state index in [1.807, 2.05) is 0 Å². The molecule has 5 aromatic rings. The fourth-order valence-corrected chi connectivity index (χ4v) is 5.89. The zero-order chi connectivity index (χ0) is 32.6. The van der Waals surface area contributed by atoms with Crippen LogP contribution in [0.2, 0.25) is 0 Å². The molecule has 0 unspecified atom stereocenters. The van der Waals surface area contributed by atoms with E-state index in [1.165, 1.54) is 66.9 Å². The van der Waals surface area contributed by atoms with Crippen LogP contribution in [0.4, 0.5) is 17.1 Å². The molecule has 0 heterocycles. The maximum absolute atomic E-state index is 2.42. The van der Waals surface area contributed by atoms with Gasteiger partial charge in [0.25, 0.3) is 0 Å². The van der Waals surface area contributed by atoms with Gasteiger partial charge in [-0.05, 0) is 134 Å². The summed E-state index contributed by atoms with van der Waals surface area (Å²) in [5.74, 6) is 0. The van der Waals surface area contributed by atoms with E-state index in [9.17, 15) is 0 Å². The number of hydrogen-bond acceptors (Lipinski definition) is 1. The number of allylic oxidation sites excluding steroid dienone is 6. The van der Waals surface area contributed by atoms with E-state index in [-0.39, 0.29) is 0 Å². The lowest BCUT2D eigenvalue weighted by atomic mass is 9.91. The Morgan fingerprint density at radius 1 is 0.435 bits per heavy atom. The van der Waals surface area contributed by atoms with Crippen molar-refractivity contribution in [2.75, 3.05) is 4.90 Å². The highest BCUT2D eigenvalue weighted by atomic mass is 15.1. The van der Waals surface area contributed by atoms with Gasteiger partial charge in [0.2, 0.25) is 0 Å². The molecule has 0 N–H and O–H groups in total. The number of nitrogens with zero attached hydrogens (tertiary/aromatic N) is 1. The Balaban J connectivity index is 1.46. The smallest absolute Gasteiger partial charge is 0.0525 e. The lowest BCUT2D eigenvalue weighted by molar-refractivity contribution is 1.13. The monoisotopic (exact) mass is 599 g/mol. The fraction of sp³-hybridized carbons (Fsp3) is 0.156. The lowest BCUT2D eigenvalue weighted by Crippen LogP contribution is -2.15. The molecule has 0 amide bonds. The molecule has 5 aromatic carbocycles. The Morgan fingerprint density at radius 3 is 1.15 bits per heavy atom. The largest absolute Gasteiger partial charge is 0.310 e. The molecule has 0 aromatic heterocycles. The molecule has 0 spiro atoms. The summed E-state index contributed by atoms with van der Waals surface area (Å²) in [4.78, 5) is 2.42. The van der Waals surface area contributed by atoms with Gasteiger partial charge in [0.15, 0.2) is 0 Å². The highest BCUT2D eigenvalue weighted by Crippen LogP contribution is 2.42. The van der Waals surface area contributed by atoms with Crippen LogP contribution in [-0.4, -0.2) is 0 Å². The van der Waals surface area contributed by atoms with Crippen LogP contribution in [0.5, 0.6) is 0 Å². The average Bonchev–Trinajstić information content (AvgIpc) is 3.10. The summed E-state index contributed by atoms with van der Waals surface area (Å²) in [7, 11) is 0. The number of hydrogen-bond donors (Lipinski definition) is 0. The van der Waals surface area contributed by atoms with E-state index in [4.69, 9.17) is 0 Å². The molecule has 1 heteroatoms. The normalized spacial score (nSPS) is 12.3. The number of benzene rings is 5. The molecule has 1 nitrogen and oxygen atoms in total. The first kappa shape index (κ1) is 32.3. The first-order valence-electron chi connectivity index (χ1n) is 16.1. The van der Waals surface area contributed by atoms with Crippen LogP contribution in [-0.2, 0) is 0 Å². The Hall–Kier alpha value is -5.14. The van der Waals surface area contributed by atoms with Gasteiger partial charge in [0.1, 0.15) is 0 Å². The molecule has 0 bridgehead atoms. The van der Waals surface area contributed by atoms with Gasteiger partial charge in [0.05, 0.1) is 5.69 Å². The van der Waals surface area contributed by atoms with Crippen molar-refractivity contribution >= 4 is 40.4 Å². The van der Waals surface area contributed by atoms with Gasteiger partial charge in [-0.2, -0.15) is 0 Å². The molecule has 0 aliphatic carbocycles. The Bertz CT molecular complexity index is 1760. The first-order chi connectivity index (χ1) is 22.2. The average molecular weight is 600 g/mol. The van der Waals surface area contributed by atoms with Gasteiger partial charge >= 0.3 is 0 Å². The van der Waals surface area contributed by atoms with Gasteiger partial charge in [-0.15, -0.1) is 0 Å². The minimum absolute atomic E-state index is 1.15. The van der Waals surface area contributed by atoms with Crippen LogP contribution < -0.4 is 4.90 Å². The van der Waals surface area contributed by atoms with E-state index < -0.39 is 0 Å². The second kappa shape index (κ2) is 14.8. The Kier molecular flexibility index (Phi) is 10.4. The minimum Gasteiger partial charge on any atom is -0.310 e. The molecular weight excluding hydrogens is 555 g/mol. The molecule has 0 atom stereocenters. The summed E-state index contributed by atoms with van der Waals surface area (Å²) in [5.41, 5.74) is 17.6. The Labute approximate surface area is 276 Å². The van der Waals surface area contributed by atoms with Gasteiger partial charge in [-0.3, -0.25) is 0 Å². The third kappa shape index (κ3) is 7.38. The van der Waals surface area contributed by atoms with Crippen molar-refractivity contribution in [1.82, 2.24) is 0 Å². The second-order valence-electron chi connectivity index (χ2n) is 12.1. The van der Waals surface area contributed by atoms with Gasteiger partial charge in [-0.1, -0.05) is 121 Å². The summed E-state index contributed by atoms with van der Waals surface area (Å²) in [6.45, 7) is 15.6.